The van der Waals surface area contributed by atoms with Crippen molar-refractivity contribution in [3.05, 3.63) is 23.8 Å². The Kier molecular flexibility index (Phi) is 7.30. The lowest BCUT2D eigenvalue weighted by Gasteiger charge is -2.36. The summed E-state index contributed by atoms with van der Waals surface area (Å²) in [5.74, 6) is 1.75. The Balaban J connectivity index is 1.96. The fourth-order valence-electron chi connectivity index (χ4n) is 3.37. The van der Waals surface area contributed by atoms with Gasteiger partial charge < -0.3 is 19.3 Å². The molecule has 6 nitrogen and oxygen atoms in total. The lowest BCUT2D eigenvalue weighted by Crippen LogP contribution is -2.52. The Bertz CT molecular complexity index is 620. The summed E-state index contributed by atoms with van der Waals surface area (Å²) >= 11 is 0. The van der Waals surface area contributed by atoms with Crippen molar-refractivity contribution in [3.63, 3.8) is 0 Å². The molecule has 1 fully saturated rings. The highest BCUT2D eigenvalue weighted by Gasteiger charge is 2.27. The topological polar surface area (TPSA) is 59.1 Å². The number of nitrogens with zero attached hydrogens (tertiary/aromatic N) is 2. The molecule has 2 amide bonds. The summed E-state index contributed by atoms with van der Waals surface area (Å²) in [5.41, 5.74) is 0.812. The summed E-state index contributed by atoms with van der Waals surface area (Å²) < 4.78 is 10.6. The number of benzene rings is 1. The summed E-state index contributed by atoms with van der Waals surface area (Å²) in [6.45, 7) is 6.47. The summed E-state index contributed by atoms with van der Waals surface area (Å²) in [7, 11) is 3.20. The molecule has 1 saturated heterocycles. The van der Waals surface area contributed by atoms with E-state index in [-0.39, 0.29) is 24.2 Å². The van der Waals surface area contributed by atoms with Crippen molar-refractivity contribution in [1.82, 2.24) is 9.80 Å². The van der Waals surface area contributed by atoms with Crippen LogP contribution in [0.1, 0.15) is 32.3 Å². The Hall–Kier alpha value is -2.24. The molecule has 0 unspecified atom stereocenters. The highest BCUT2D eigenvalue weighted by Crippen LogP contribution is 2.25. The van der Waals surface area contributed by atoms with Crippen molar-refractivity contribution in [2.75, 3.05) is 40.4 Å². The van der Waals surface area contributed by atoms with Gasteiger partial charge in [-0.25, -0.2) is 0 Å². The van der Waals surface area contributed by atoms with Crippen LogP contribution in [0.15, 0.2) is 18.2 Å². The van der Waals surface area contributed by atoms with E-state index in [2.05, 4.69) is 0 Å². The van der Waals surface area contributed by atoms with Gasteiger partial charge in [-0.15, -0.1) is 0 Å². The van der Waals surface area contributed by atoms with Crippen molar-refractivity contribution >= 4 is 11.8 Å². The highest BCUT2D eigenvalue weighted by molar-refractivity contribution is 5.81. The van der Waals surface area contributed by atoms with Crippen molar-refractivity contribution < 1.29 is 19.1 Å². The number of ether oxygens (including phenoxy) is 2. The monoisotopic (exact) mass is 362 g/mol. The van der Waals surface area contributed by atoms with Crippen molar-refractivity contribution in [2.45, 2.75) is 33.1 Å². The number of amides is 2. The number of carbonyl (C=O) groups excluding carboxylic acids is 2. The standard InChI is InChI=1S/C20H30N2O4/c1-5-15(6-2)20(24)22-11-9-21(10-12-22)19(23)14-16-13-17(25-3)7-8-18(16)26-4/h7-8,13,15H,5-6,9-12,14H2,1-4H3. The predicted molar refractivity (Wildman–Crippen MR) is 100 cm³/mol. The zero-order valence-electron chi connectivity index (χ0n) is 16.3. The molecule has 1 aromatic rings. The van der Waals surface area contributed by atoms with E-state index in [0.717, 1.165) is 18.4 Å². The number of piperazine rings is 1. The molecule has 0 saturated carbocycles. The molecule has 144 valence electrons. The van der Waals surface area contributed by atoms with Crippen LogP contribution in [-0.4, -0.2) is 62.0 Å². The molecule has 0 atom stereocenters. The Labute approximate surface area is 156 Å². The number of hydrogen-bond acceptors (Lipinski definition) is 4. The fourth-order valence-corrected chi connectivity index (χ4v) is 3.37. The molecule has 0 N–H and O–H groups in total. The van der Waals surface area contributed by atoms with E-state index in [4.69, 9.17) is 9.47 Å². The van der Waals surface area contributed by atoms with E-state index in [1.807, 2.05) is 41.8 Å². The minimum Gasteiger partial charge on any atom is -0.497 e. The second-order valence-electron chi connectivity index (χ2n) is 6.57. The number of carbonyl (C=O) groups is 2. The number of hydrogen-bond donors (Lipinski definition) is 0. The van der Waals surface area contributed by atoms with E-state index in [1.165, 1.54) is 0 Å². The van der Waals surface area contributed by atoms with Gasteiger partial charge in [-0.05, 0) is 31.0 Å². The highest BCUT2D eigenvalue weighted by atomic mass is 16.5. The maximum absolute atomic E-state index is 12.7. The Morgan fingerprint density at radius 3 is 2.15 bits per heavy atom. The van der Waals surface area contributed by atoms with Gasteiger partial charge in [0.15, 0.2) is 0 Å². The van der Waals surface area contributed by atoms with Crippen LogP contribution >= 0.6 is 0 Å². The van der Waals surface area contributed by atoms with E-state index in [1.54, 1.807) is 14.2 Å². The van der Waals surface area contributed by atoms with Gasteiger partial charge in [0.1, 0.15) is 11.5 Å². The average molecular weight is 362 g/mol. The minimum absolute atomic E-state index is 0.0474. The molecule has 1 aliphatic rings. The zero-order chi connectivity index (χ0) is 19.1. The van der Waals surface area contributed by atoms with Crippen LogP contribution in [0.2, 0.25) is 0 Å². The molecule has 1 aromatic carbocycles. The van der Waals surface area contributed by atoms with Gasteiger partial charge in [-0.2, -0.15) is 0 Å². The minimum atomic E-state index is 0.0474. The Morgan fingerprint density at radius 2 is 1.62 bits per heavy atom. The zero-order valence-corrected chi connectivity index (χ0v) is 16.3. The van der Waals surface area contributed by atoms with Crippen LogP contribution < -0.4 is 9.47 Å². The van der Waals surface area contributed by atoms with Crippen LogP contribution in [0.4, 0.5) is 0 Å². The fraction of sp³-hybridized carbons (Fsp3) is 0.600. The van der Waals surface area contributed by atoms with Crippen molar-refractivity contribution in [1.29, 1.82) is 0 Å². The van der Waals surface area contributed by atoms with Crippen LogP contribution in [-0.2, 0) is 16.0 Å². The van der Waals surface area contributed by atoms with Crippen LogP contribution in [0, 0.1) is 5.92 Å². The number of methoxy groups -OCH3 is 2. The molecule has 0 radical (unpaired) electrons. The quantitative estimate of drug-likeness (QED) is 0.747. The first kappa shape index (κ1) is 20.1. The summed E-state index contributed by atoms with van der Waals surface area (Å²) in [5, 5.41) is 0. The lowest BCUT2D eigenvalue weighted by atomic mass is 10.0. The van der Waals surface area contributed by atoms with Gasteiger partial charge in [0.05, 0.1) is 20.6 Å². The molecule has 2 rings (SSSR count). The molecule has 1 aliphatic heterocycles. The van der Waals surface area contributed by atoms with E-state index < -0.39 is 0 Å². The SMILES string of the molecule is CCC(CC)C(=O)N1CCN(C(=O)Cc2cc(OC)ccc2OC)CC1. The Morgan fingerprint density at radius 1 is 1.00 bits per heavy atom. The first-order valence-corrected chi connectivity index (χ1v) is 9.31. The molecule has 0 aromatic heterocycles. The van der Waals surface area contributed by atoms with Crippen molar-refractivity contribution in [2.24, 2.45) is 5.92 Å². The van der Waals surface area contributed by atoms with Crippen LogP contribution in [0.3, 0.4) is 0 Å². The normalized spacial score (nSPS) is 14.5. The third-order valence-corrected chi connectivity index (χ3v) is 5.11. The second-order valence-corrected chi connectivity index (χ2v) is 6.57. The molecule has 6 heteroatoms. The molecule has 1 heterocycles. The first-order valence-electron chi connectivity index (χ1n) is 9.31. The molecule has 0 bridgehead atoms. The summed E-state index contributed by atoms with van der Waals surface area (Å²) in [6, 6.07) is 5.46. The average Bonchev–Trinajstić information content (AvgIpc) is 2.68. The van der Waals surface area contributed by atoms with E-state index >= 15 is 0 Å². The molecular formula is C20H30N2O4. The molecule has 0 aliphatic carbocycles. The van der Waals surface area contributed by atoms with Gasteiger partial charge in [0, 0.05) is 37.7 Å². The lowest BCUT2D eigenvalue weighted by molar-refractivity contribution is -0.142. The third-order valence-electron chi connectivity index (χ3n) is 5.11. The smallest absolute Gasteiger partial charge is 0.227 e. The van der Waals surface area contributed by atoms with Crippen molar-refractivity contribution in [3.8, 4) is 11.5 Å². The van der Waals surface area contributed by atoms with E-state index in [9.17, 15) is 9.59 Å². The predicted octanol–water partition coefficient (Wildman–Crippen LogP) is 2.35. The summed E-state index contributed by atoms with van der Waals surface area (Å²) in [6.07, 6.45) is 2.00. The summed E-state index contributed by atoms with van der Waals surface area (Å²) in [4.78, 5) is 28.9. The van der Waals surface area contributed by atoms with Gasteiger partial charge in [-0.3, -0.25) is 9.59 Å². The molecular weight excluding hydrogens is 332 g/mol. The third kappa shape index (κ3) is 4.68. The number of rotatable bonds is 7. The van der Waals surface area contributed by atoms with Gasteiger partial charge in [0.25, 0.3) is 0 Å². The molecule has 0 spiro atoms. The molecule has 26 heavy (non-hydrogen) atoms. The van der Waals surface area contributed by atoms with Crippen LogP contribution in [0.5, 0.6) is 11.5 Å². The van der Waals surface area contributed by atoms with E-state index in [0.29, 0.717) is 37.7 Å². The van der Waals surface area contributed by atoms with Gasteiger partial charge in [0.2, 0.25) is 11.8 Å². The first-order chi connectivity index (χ1) is 12.5. The van der Waals surface area contributed by atoms with Gasteiger partial charge >= 0.3 is 0 Å². The largest absolute Gasteiger partial charge is 0.497 e. The van der Waals surface area contributed by atoms with Gasteiger partial charge in [-0.1, -0.05) is 13.8 Å². The van der Waals surface area contributed by atoms with Crippen LogP contribution in [0.25, 0.3) is 0 Å². The second kappa shape index (κ2) is 9.46. The maximum atomic E-state index is 12.7. The maximum Gasteiger partial charge on any atom is 0.227 e.